The Hall–Kier alpha value is -2.95. The van der Waals surface area contributed by atoms with Gasteiger partial charge in [0.25, 0.3) is 0 Å². The van der Waals surface area contributed by atoms with Crippen LogP contribution in [0.4, 0.5) is 9.93 Å². The number of anilines is 1. The van der Waals surface area contributed by atoms with Gasteiger partial charge in [0, 0.05) is 32.7 Å². The van der Waals surface area contributed by atoms with Gasteiger partial charge in [0.15, 0.2) is 5.13 Å². The molecule has 1 N–H and O–H groups in total. The molecule has 0 unspecified atom stereocenters. The first-order valence-corrected chi connectivity index (χ1v) is 10.2. The lowest BCUT2D eigenvalue weighted by atomic mass is 10.1. The number of benzene rings is 2. The van der Waals surface area contributed by atoms with Crippen molar-refractivity contribution in [1.82, 2.24) is 14.8 Å². The molecule has 0 atom stereocenters. The fourth-order valence-electron chi connectivity index (χ4n) is 3.37. The number of nitriles is 1. The molecule has 1 aliphatic rings. The number of nitrogens with one attached hydrogen (secondary N) is 1. The first-order valence-electron chi connectivity index (χ1n) is 9.34. The molecule has 2 heterocycles. The van der Waals surface area contributed by atoms with Crippen LogP contribution in [0.15, 0.2) is 48.5 Å². The standard InChI is InChI=1S/C21H21N5OS/c22-14-16-6-8-17(9-7-16)15-25-10-3-11-26(13-12-25)21(27)24-20-23-18-4-1-2-5-19(18)28-20/h1-2,4-9H,3,10-13,15H2,(H,23,24,27). The lowest BCUT2D eigenvalue weighted by Crippen LogP contribution is -2.38. The predicted octanol–water partition coefficient (Wildman–Crippen LogP) is 3.91. The molecular formula is C21H21N5OS. The number of carbonyl (C=O) groups is 1. The topological polar surface area (TPSA) is 72.3 Å². The Bertz CT molecular complexity index is 975. The number of para-hydroxylation sites is 1. The van der Waals surface area contributed by atoms with Gasteiger partial charge in [-0.05, 0) is 36.2 Å². The van der Waals surface area contributed by atoms with Crippen LogP contribution >= 0.6 is 11.3 Å². The van der Waals surface area contributed by atoms with Gasteiger partial charge in [-0.3, -0.25) is 10.2 Å². The van der Waals surface area contributed by atoms with Gasteiger partial charge < -0.3 is 4.90 Å². The first-order chi connectivity index (χ1) is 13.7. The fourth-order valence-corrected chi connectivity index (χ4v) is 4.23. The molecule has 2 aromatic carbocycles. The van der Waals surface area contributed by atoms with Crippen molar-refractivity contribution in [3.05, 3.63) is 59.7 Å². The molecular weight excluding hydrogens is 370 g/mol. The van der Waals surface area contributed by atoms with Gasteiger partial charge >= 0.3 is 6.03 Å². The minimum absolute atomic E-state index is 0.0840. The lowest BCUT2D eigenvalue weighted by Gasteiger charge is -2.22. The highest BCUT2D eigenvalue weighted by Gasteiger charge is 2.20. The van der Waals surface area contributed by atoms with E-state index >= 15 is 0 Å². The van der Waals surface area contributed by atoms with E-state index in [2.05, 4.69) is 21.3 Å². The summed E-state index contributed by atoms with van der Waals surface area (Å²) in [6.07, 6.45) is 0.934. The Morgan fingerprint density at radius 3 is 2.71 bits per heavy atom. The van der Waals surface area contributed by atoms with Gasteiger partial charge in [-0.2, -0.15) is 5.26 Å². The van der Waals surface area contributed by atoms with E-state index < -0.39 is 0 Å². The molecule has 7 heteroatoms. The number of rotatable bonds is 3. The van der Waals surface area contributed by atoms with Crippen molar-refractivity contribution in [1.29, 1.82) is 5.26 Å². The van der Waals surface area contributed by atoms with E-state index in [4.69, 9.17) is 5.26 Å². The van der Waals surface area contributed by atoms with Crippen molar-refractivity contribution >= 4 is 32.7 Å². The van der Waals surface area contributed by atoms with Crippen LogP contribution in [-0.4, -0.2) is 47.0 Å². The molecule has 1 aromatic heterocycles. The van der Waals surface area contributed by atoms with Crippen LogP contribution in [-0.2, 0) is 6.54 Å². The first kappa shape index (κ1) is 18.4. The molecule has 0 radical (unpaired) electrons. The number of carbonyl (C=O) groups excluding carboxylic acids is 1. The molecule has 0 spiro atoms. The van der Waals surface area contributed by atoms with Gasteiger partial charge in [0.05, 0.1) is 21.8 Å². The van der Waals surface area contributed by atoms with E-state index in [1.54, 1.807) is 0 Å². The fraction of sp³-hybridized carbons (Fsp3) is 0.286. The summed E-state index contributed by atoms with van der Waals surface area (Å²) in [5.41, 5.74) is 2.77. The van der Waals surface area contributed by atoms with Gasteiger partial charge in [0.2, 0.25) is 0 Å². The van der Waals surface area contributed by atoms with Gasteiger partial charge in [-0.25, -0.2) is 9.78 Å². The highest BCUT2D eigenvalue weighted by molar-refractivity contribution is 7.22. The zero-order valence-corrected chi connectivity index (χ0v) is 16.3. The summed E-state index contributed by atoms with van der Waals surface area (Å²) in [6.45, 7) is 4.03. The maximum atomic E-state index is 12.7. The number of amides is 2. The maximum absolute atomic E-state index is 12.7. The third-order valence-corrected chi connectivity index (χ3v) is 5.82. The van der Waals surface area contributed by atoms with Crippen LogP contribution in [0.3, 0.4) is 0 Å². The Morgan fingerprint density at radius 2 is 1.93 bits per heavy atom. The Labute approximate surface area is 168 Å². The van der Waals surface area contributed by atoms with Crippen LogP contribution in [0.2, 0.25) is 0 Å². The molecule has 2 amide bonds. The second kappa shape index (κ2) is 8.38. The summed E-state index contributed by atoms with van der Waals surface area (Å²) in [5, 5.41) is 12.5. The van der Waals surface area contributed by atoms with Gasteiger partial charge in [0.1, 0.15) is 0 Å². The van der Waals surface area contributed by atoms with Crippen molar-refractivity contribution in [2.24, 2.45) is 0 Å². The van der Waals surface area contributed by atoms with Crippen molar-refractivity contribution in [3.63, 3.8) is 0 Å². The summed E-state index contributed by atoms with van der Waals surface area (Å²) in [4.78, 5) is 21.4. The minimum Gasteiger partial charge on any atom is -0.323 e. The molecule has 6 nitrogen and oxygen atoms in total. The van der Waals surface area contributed by atoms with E-state index in [1.165, 1.54) is 16.9 Å². The maximum Gasteiger partial charge on any atom is 0.323 e. The Balaban J connectivity index is 1.33. The normalized spacial score (nSPS) is 15.2. The number of urea groups is 1. The molecule has 28 heavy (non-hydrogen) atoms. The van der Waals surface area contributed by atoms with Crippen molar-refractivity contribution in [2.45, 2.75) is 13.0 Å². The number of hydrogen-bond acceptors (Lipinski definition) is 5. The molecule has 1 saturated heterocycles. The molecule has 4 rings (SSSR count). The average molecular weight is 392 g/mol. The lowest BCUT2D eigenvalue weighted by molar-refractivity contribution is 0.211. The predicted molar refractivity (Wildman–Crippen MR) is 111 cm³/mol. The highest BCUT2D eigenvalue weighted by atomic mass is 32.1. The summed E-state index contributed by atoms with van der Waals surface area (Å²) in [5.74, 6) is 0. The van der Waals surface area contributed by atoms with E-state index in [-0.39, 0.29) is 6.03 Å². The highest BCUT2D eigenvalue weighted by Crippen LogP contribution is 2.25. The Kier molecular flexibility index (Phi) is 5.51. The number of thiazole rings is 1. The second-order valence-corrected chi connectivity index (χ2v) is 7.87. The third kappa shape index (κ3) is 4.30. The molecule has 0 saturated carbocycles. The zero-order valence-electron chi connectivity index (χ0n) is 15.5. The van der Waals surface area contributed by atoms with E-state index in [1.807, 2.05) is 53.4 Å². The average Bonchev–Trinajstić information content (AvgIpc) is 2.97. The number of hydrogen-bond donors (Lipinski definition) is 1. The van der Waals surface area contributed by atoms with Gasteiger partial charge in [-0.1, -0.05) is 35.6 Å². The number of aromatic nitrogens is 1. The number of nitrogens with zero attached hydrogens (tertiary/aromatic N) is 4. The molecule has 3 aromatic rings. The van der Waals surface area contributed by atoms with Crippen LogP contribution in [0.5, 0.6) is 0 Å². The van der Waals surface area contributed by atoms with Crippen LogP contribution < -0.4 is 5.32 Å². The monoisotopic (exact) mass is 391 g/mol. The zero-order chi connectivity index (χ0) is 19.3. The molecule has 0 aliphatic carbocycles. The SMILES string of the molecule is N#Cc1ccc(CN2CCCN(C(=O)Nc3nc4ccccc4s3)CC2)cc1. The summed E-state index contributed by atoms with van der Waals surface area (Å²) < 4.78 is 1.07. The summed E-state index contributed by atoms with van der Waals surface area (Å²) in [7, 11) is 0. The van der Waals surface area contributed by atoms with E-state index in [9.17, 15) is 4.79 Å². The van der Waals surface area contributed by atoms with Crippen molar-refractivity contribution < 1.29 is 4.79 Å². The van der Waals surface area contributed by atoms with Crippen LogP contribution in [0.1, 0.15) is 17.5 Å². The van der Waals surface area contributed by atoms with Crippen LogP contribution in [0.25, 0.3) is 10.2 Å². The number of fused-ring (bicyclic) bond motifs is 1. The van der Waals surface area contributed by atoms with E-state index in [0.717, 1.165) is 42.8 Å². The molecule has 142 valence electrons. The largest absolute Gasteiger partial charge is 0.323 e. The minimum atomic E-state index is -0.0840. The van der Waals surface area contributed by atoms with Crippen LogP contribution in [0, 0.1) is 11.3 Å². The molecule has 0 bridgehead atoms. The van der Waals surface area contributed by atoms with Gasteiger partial charge in [-0.15, -0.1) is 0 Å². The van der Waals surface area contributed by atoms with Crippen molar-refractivity contribution in [3.8, 4) is 6.07 Å². The second-order valence-electron chi connectivity index (χ2n) is 6.84. The van der Waals surface area contributed by atoms with E-state index in [0.29, 0.717) is 17.2 Å². The quantitative estimate of drug-likeness (QED) is 0.735. The van der Waals surface area contributed by atoms with Crippen molar-refractivity contribution in [2.75, 3.05) is 31.5 Å². The molecule has 1 fully saturated rings. The Morgan fingerprint density at radius 1 is 1.11 bits per heavy atom. The summed E-state index contributed by atoms with van der Waals surface area (Å²) in [6, 6.07) is 17.7. The third-order valence-electron chi connectivity index (χ3n) is 4.87. The molecule has 1 aliphatic heterocycles. The smallest absolute Gasteiger partial charge is 0.323 e. The summed E-state index contributed by atoms with van der Waals surface area (Å²) >= 11 is 1.50.